The number of rotatable bonds is 8. The van der Waals surface area contributed by atoms with Gasteiger partial charge in [-0.3, -0.25) is 14.4 Å². The highest BCUT2D eigenvalue weighted by molar-refractivity contribution is 8.13. The maximum atomic E-state index is 12.6. The van der Waals surface area contributed by atoms with Crippen LogP contribution < -0.4 is 5.32 Å². The first-order chi connectivity index (χ1) is 13.8. The number of amides is 1. The molecule has 2 atom stereocenters. The van der Waals surface area contributed by atoms with E-state index in [4.69, 9.17) is 0 Å². The second-order valence-corrected chi connectivity index (χ2v) is 7.47. The van der Waals surface area contributed by atoms with Crippen LogP contribution in [0.3, 0.4) is 0 Å². The first-order valence-corrected chi connectivity index (χ1v) is 10.0. The van der Waals surface area contributed by atoms with Crippen LogP contribution in [0.2, 0.25) is 0 Å². The Morgan fingerprint density at radius 3 is 2.28 bits per heavy atom. The number of methoxy groups -OCH3 is 1. The minimum atomic E-state index is -0.898. The van der Waals surface area contributed by atoms with Gasteiger partial charge < -0.3 is 10.1 Å². The summed E-state index contributed by atoms with van der Waals surface area (Å²) in [6.45, 7) is 3.04. The molecule has 0 heterocycles. The predicted molar refractivity (Wildman–Crippen MR) is 112 cm³/mol. The number of ether oxygens (including phenoxy) is 1. The van der Waals surface area contributed by atoms with Crippen molar-refractivity contribution in [3.8, 4) is 0 Å². The lowest BCUT2D eigenvalue weighted by molar-refractivity contribution is -0.144. The molecule has 0 aliphatic heterocycles. The quantitative estimate of drug-likeness (QED) is 0.529. The Morgan fingerprint density at radius 1 is 1.00 bits per heavy atom. The van der Waals surface area contributed by atoms with Crippen molar-refractivity contribution < 1.29 is 23.9 Å². The number of benzene rings is 2. The molecule has 0 aromatic heterocycles. The molecule has 0 saturated carbocycles. The lowest BCUT2D eigenvalue weighted by atomic mass is 9.96. The van der Waals surface area contributed by atoms with Crippen molar-refractivity contribution in [2.75, 3.05) is 12.9 Å². The maximum Gasteiger partial charge on any atom is 0.329 e. The summed E-state index contributed by atoms with van der Waals surface area (Å²) < 4.78 is 4.66. The fourth-order valence-electron chi connectivity index (χ4n) is 2.69. The van der Waals surface area contributed by atoms with Crippen molar-refractivity contribution in [1.82, 2.24) is 5.32 Å². The van der Waals surface area contributed by atoms with Crippen LogP contribution in [0.25, 0.3) is 0 Å². The molecular weight excluding hydrogens is 390 g/mol. The molecule has 1 N–H and O–H groups in total. The molecule has 1 amide bonds. The van der Waals surface area contributed by atoms with Gasteiger partial charge in [0.1, 0.15) is 6.04 Å². The summed E-state index contributed by atoms with van der Waals surface area (Å²) in [5.74, 6) is -1.52. The zero-order valence-electron chi connectivity index (χ0n) is 16.5. The number of hydrogen-bond donors (Lipinski definition) is 1. The topological polar surface area (TPSA) is 89.5 Å². The van der Waals surface area contributed by atoms with Gasteiger partial charge in [0, 0.05) is 23.8 Å². The summed E-state index contributed by atoms with van der Waals surface area (Å²) in [5.41, 5.74) is 1.79. The number of esters is 1. The van der Waals surface area contributed by atoms with Crippen LogP contribution in [0.4, 0.5) is 0 Å². The highest BCUT2D eigenvalue weighted by Gasteiger charge is 2.24. The van der Waals surface area contributed by atoms with Crippen molar-refractivity contribution >= 4 is 34.5 Å². The summed E-state index contributed by atoms with van der Waals surface area (Å²) in [7, 11) is 1.22. The monoisotopic (exact) mass is 413 g/mol. The number of carbonyl (C=O) groups is 4. The van der Waals surface area contributed by atoms with Crippen LogP contribution in [0.15, 0.2) is 54.6 Å². The highest BCUT2D eigenvalue weighted by atomic mass is 32.2. The fourth-order valence-corrected chi connectivity index (χ4v) is 3.62. The van der Waals surface area contributed by atoms with E-state index >= 15 is 0 Å². The van der Waals surface area contributed by atoms with Gasteiger partial charge in [-0.05, 0) is 11.6 Å². The van der Waals surface area contributed by atoms with Crippen LogP contribution in [0.5, 0.6) is 0 Å². The van der Waals surface area contributed by atoms with Gasteiger partial charge in [0.05, 0.1) is 13.0 Å². The number of thioether (sulfide) groups is 1. The zero-order chi connectivity index (χ0) is 21.4. The van der Waals surface area contributed by atoms with Gasteiger partial charge >= 0.3 is 5.97 Å². The zero-order valence-corrected chi connectivity index (χ0v) is 17.3. The van der Waals surface area contributed by atoms with Gasteiger partial charge in [0.2, 0.25) is 5.91 Å². The Morgan fingerprint density at radius 2 is 1.66 bits per heavy atom. The molecule has 0 radical (unpaired) electrons. The van der Waals surface area contributed by atoms with E-state index in [-0.39, 0.29) is 22.6 Å². The van der Waals surface area contributed by atoms with E-state index in [0.717, 1.165) is 11.8 Å². The summed E-state index contributed by atoms with van der Waals surface area (Å²) >= 11 is 0.944. The minimum Gasteiger partial charge on any atom is -0.467 e. The molecule has 0 spiro atoms. The summed E-state index contributed by atoms with van der Waals surface area (Å²) in [4.78, 5) is 48.2. The highest BCUT2D eigenvalue weighted by Crippen LogP contribution is 2.24. The molecular formula is C22H23NO5S. The van der Waals surface area contributed by atoms with Crippen molar-refractivity contribution in [2.45, 2.75) is 25.8 Å². The molecule has 152 valence electrons. The van der Waals surface area contributed by atoms with E-state index in [1.165, 1.54) is 14.0 Å². The maximum absolute atomic E-state index is 12.6. The SMILES string of the molecule is COC(=O)[C@H](CSC(=O)[C@@H](C)c1cccc(C(=O)c2ccccc2)c1)NC(C)=O. The van der Waals surface area contributed by atoms with Crippen molar-refractivity contribution in [2.24, 2.45) is 0 Å². The molecule has 0 bridgehead atoms. The van der Waals surface area contributed by atoms with Crippen LogP contribution in [0, 0.1) is 0 Å². The lowest BCUT2D eigenvalue weighted by Crippen LogP contribution is -2.42. The Balaban J connectivity index is 2.08. The number of carbonyl (C=O) groups excluding carboxylic acids is 4. The van der Waals surface area contributed by atoms with Crippen molar-refractivity contribution in [1.29, 1.82) is 0 Å². The molecule has 0 saturated heterocycles. The summed E-state index contributed by atoms with van der Waals surface area (Å²) in [5, 5.41) is 2.30. The molecule has 0 aliphatic carbocycles. The predicted octanol–water partition coefficient (Wildman–Crippen LogP) is 2.96. The molecule has 2 aromatic carbocycles. The molecule has 2 rings (SSSR count). The average Bonchev–Trinajstić information content (AvgIpc) is 2.75. The molecule has 0 aliphatic rings. The van der Waals surface area contributed by atoms with E-state index < -0.39 is 17.9 Å². The first kappa shape index (κ1) is 22.4. The normalized spacial score (nSPS) is 12.5. The average molecular weight is 413 g/mol. The van der Waals surface area contributed by atoms with Gasteiger partial charge in [0.25, 0.3) is 0 Å². The Kier molecular flexibility index (Phi) is 8.15. The second kappa shape index (κ2) is 10.6. The molecule has 0 unspecified atom stereocenters. The van der Waals surface area contributed by atoms with Gasteiger partial charge in [-0.25, -0.2) is 4.79 Å². The summed E-state index contributed by atoms with van der Waals surface area (Å²) in [6.07, 6.45) is 0. The van der Waals surface area contributed by atoms with Gasteiger partial charge in [-0.15, -0.1) is 0 Å². The molecule has 2 aromatic rings. The summed E-state index contributed by atoms with van der Waals surface area (Å²) in [6, 6.07) is 15.0. The molecule has 0 fully saturated rings. The molecule has 29 heavy (non-hydrogen) atoms. The largest absolute Gasteiger partial charge is 0.467 e. The number of nitrogens with one attached hydrogen (secondary N) is 1. The number of ketones is 1. The van der Waals surface area contributed by atoms with Crippen molar-refractivity contribution in [3.05, 3.63) is 71.3 Å². The van der Waals surface area contributed by atoms with Crippen molar-refractivity contribution in [3.63, 3.8) is 0 Å². The van der Waals surface area contributed by atoms with Gasteiger partial charge in [0.15, 0.2) is 10.9 Å². The van der Waals surface area contributed by atoms with Crippen LogP contribution in [0.1, 0.15) is 41.3 Å². The third kappa shape index (κ3) is 6.29. The third-order valence-electron chi connectivity index (χ3n) is 4.29. The number of hydrogen-bond acceptors (Lipinski definition) is 6. The first-order valence-electron chi connectivity index (χ1n) is 9.04. The van der Waals surface area contributed by atoms with Crippen LogP contribution in [-0.2, 0) is 19.1 Å². The van der Waals surface area contributed by atoms with Crippen LogP contribution >= 0.6 is 11.8 Å². The Hall–Kier alpha value is -2.93. The van der Waals surface area contributed by atoms with E-state index in [1.54, 1.807) is 55.5 Å². The molecule has 7 heteroatoms. The smallest absolute Gasteiger partial charge is 0.329 e. The Labute approximate surface area is 174 Å². The van der Waals surface area contributed by atoms with Gasteiger partial charge in [-0.1, -0.05) is 67.2 Å². The third-order valence-corrected chi connectivity index (χ3v) is 5.43. The van der Waals surface area contributed by atoms with Crippen LogP contribution in [-0.4, -0.2) is 41.7 Å². The fraction of sp³-hybridized carbons (Fsp3) is 0.273. The van der Waals surface area contributed by atoms with E-state index in [9.17, 15) is 19.2 Å². The van der Waals surface area contributed by atoms with Gasteiger partial charge in [-0.2, -0.15) is 0 Å². The van der Waals surface area contributed by atoms with E-state index in [0.29, 0.717) is 16.7 Å². The molecule has 6 nitrogen and oxygen atoms in total. The minimum absolute atomic E-state index is 0.0675. The van der Waals surface area contributed by atoms with E-state index in [2.05, 4.69) is 10.1 Å². The standard InChI is InChI=1S/C22H23NO5S/c1-14(22(27)29-13-19(21(26)28-3)23-15(2)24)17-10-7-11-18(12-17)20(25)16-8-5-4-6-9-16/h4-12,14,19H,13H2,1-3H3,(H,23,24)/t14-,19-/m0/s1. The second-order valence-electron chi connectivity index (χ2n) is 6.45. The Bertz CT molecular complexity index is 897. The van der Waals surface area contributed by atoms with E-state index in [1.807, 2.05) is 6.07 Å². The lowest BCUT2D eigenvalue weighted by Gasteiger charge is -2.16.